The van der Waals surface area contributed by atoms with E-state index < -0.39 is 5.97 Å². The van der Waals surface area contributed by atoms with Crippen molar-refractivity contribution < 1.29 is 14.3 Å². The van der Waals surface area contributed by atoms with Crippen LogP contribution in [0, 0.1) is 19.7 Å². The number of carbonyl (C=O) groups is 1. The number of anilines is 1. The molecule has 2 heterocycles. The first-order valence-electron chi connectivity index (χ1n) is 10.8. The van der Waals surface area contributed by atoms with Crippen LogP contribution < -0.4 is 5.32 Å². The highest BCUT2D eigenvalue weighted by Gasteiger charge is 2.15. The van der Waals surface area contributed by atoms with Gasteiger partial charge in [-0.1, -0.05) is 24.6 Å². The first-order valence-corrected chi connectivity index (χ1v) is 12.2. The van der Waals surface area contributed by atoms with Crippen molar-refractivity contribution in [2.75, 3.05) is 17.6 Å². The maximum absolute atomic E-state index is 14.1. The lowest BCUT2D eigenvalue weighted by atomic mass is 10.1. The molecule has 0 bridgehead atoms. The van der Waals surface area contributed by atoms with E-state index in [1.54, 1.807) is 19.1 Å². The van der Waals surface area contributed by atoms with E-state index in [0.29, 0.717) is 40.1 Å². The van der Waals surface area contributed by atoms with Gasteiger partial charge in [0.15, 0.2) is 0 Å². The summed E-state index contributed by atoms with van der Waals surface area (Å²) in [6.45, 7) is 6.90. The van der Waals surface area contributed by atoms with Gasteiger partial charge in [-0.3, -0.25) is 0 Å². The van der Waals surface area contributed by atoms with Crippen molar-refractivity contribution in [3.8, 4) is 11.3 Å². The Balaban J connectivity index is 1.54. The lowest BCUT2D eigenvalue weighted by Gasteiger charge is -2.12. The maximum atomic E-state index is 14.1. The number of hydrogen-bond acceptors (Lipinski definition) is 5. The van der Waals surface area contributed by atoms with Crippen molar-refractivity contribution >= 4 is 46.1 Å². The third-order valence-corrected chi connectivity index (χ3v) is 6.89. The van der Waals surface area contributed by atoms with E-state index in [9.17, 15) is 14.3 Å². The Kier molecular flexibility index (Phi) is 7.09. The second-order valence-corrected chi connectivity index (χ2v) is 9.54. The van der Waals surface area contributed by atoms with E-state index in [2.05, 4.69) is 19.9 Å². The fourth-order valence-corrected chi connectivity index (χ4v) is 5.10. The van der Waals surface area contributed by atoms with Gasteiger partial charge < -0.3 is 15.0 Å². The van der Waals surface area contributed by atoms with Gasteiger partial charge in [0, 0.05) is 40.7 Å². The Labute approximate surface area is 206 Å². The molecule has 0 aliphatic heterocycles. The van der Waals surface area contributed by atoms with Gasteiger partial charge in [0.1, 0.15) is 18.0 Å². The average Bonchev–Trinajstić information content (AvgIpc) is 3.14. The molecule has 176 valence electrons. The molecule has 4 rings (SSSR count). The number of nitrogens with one attached hydrogen (secondary N) is 1. The molecular weight excluding hydrogens is 475 g/mol. The summed E-state index contributed by atoms with van der Waals surface area (Å²) in [5.41, 5.74) is 4.21. The van der Waals surface area contributed by atoms with Crippen LogP contribution in [0.4, 0.5) is 10.2 Å². The van der Waals surface area contributed by atoms with Crippen LogP contribution in [-0.2, 0) is 6.54 Å². The Morgan fingerprint density at radius 3 is 2.74 bits per heavy atom. The van der Waals surface area contributed by atoms with Gasteiger partial charge in [0.25, 0.3) is 0 Å². The van der Waals surface area contributed by atoms with Crippen LogP contribution in [0.3, 0.4) is 0 Å². The molecule has 0 atom stereocenters. The maximum Gasteiger partial charge on any atom is 0.336 e. The summed E-state index contributed by atoms with van der Waals surface area (Å²) in [4.78, 5) is 20.9. The van der Waals surface area contributed by atoms with E-state index in [1.807, 2.05) is 32.0 Å². The number of aryl methyl sites for hydroxylation is 2. The number of thioether (sulfide) groups is 1. The SMILES string of the molecule is CCSc1cc(-c2cc(NCCn3c(C)cc4c(C)c(F)cc(Cl)c43)ncn2)ccc1C(=O)O. The van der Waals surface area contributed by atoms with E-state index in [-0.39, 0.29) is 11.4 Å². The molecule has 0 fully saturated rings. The number of benzene rings is 2. The van der Waals surface area contributed by atoms with Crippen LogP contribution in [0.5, 0.6) is 0 Å². The monoisotopic (exact) mass is 498 g/mol. The Morgan fingerprint density at radius 1 is 1.21 bits per heavy atom. The minimum atomic E-state index is -0.946. The van der Waals surface area contributed by atoms with Gasteiger partial charge in [0.05, 0.1) is 21.8 Å². The van der Waals surface area contributed by atoms with Gasteiger partial charge in [0.2, 0.25) is 0 Å². The average molecular weight is 499 g/mol. The fraction of sp³-hybridized carbons (Fsp3) is 0.240. The molecule has 34 heavy (non-hydrogen) atoms. The van der Waals surface area contributed by atoms with E-state index in [0.717, 1.165) is 27.9 Å². The lowest BCUT2D eigenvalue weighted by molar-refractivity contribution is 0.0693. The van der Waals surface area contributed by atoms with Crippen molar-refractivity contribution in [1.82, 2.24) is 14.5 Å². The zero-order valence-electron chi connectivity index (χ0n) is 19.0. The molecule has 0 amide bonds. The summed E-state index contributed by atoms with van der Waals surface area (Å²) in [7, 11) is 0. The first kappa shape index (κ1) is 24.0. The molecule has 4 aromatic rings. The van der Waals surface area contributed by atoms with E-state index in [4.69, 9.17) is 11.6 Å². The third-order valence-electron chi connectivity index (χ3n) is 5.66. The highest BCUT2D eigenvalue weighted by Crippen LogP contribution is 2.32. The number of aromatic carboxylic acids is 1. The predicted molar refractivity (Wildman–Crippen MR) is 136 cm³/mol. The minimum Gasteiger partial charge on any atom is -0.478 e. The fourth-order valence-electron chi connectivity index (χ4n) is 3.97. The molecular formula is C25H24ClFN4O2S. The molecule has 0 aliphatic rings. The van der Waals surface area contributed by atoms with E-state index >= 15 is 0 Å². The van der Waals surface area contributed by atoms with Crippen molar-refractivity contribution in [3.05, 3.63) is 70.4 Å². The van der Waals surface area contributed by atoms with Crippen LogP contribution >= 0.6 is 23.4 Å². The highest BCUT2D eigenvalue weighted by molar-refractivity contribution is 7.99. The standard InChI is InChI=1S/C25H24ClFN4O2S/c1-4-34-22-10-16(5-6-17(22)25(32)33)21-12-23(30-13-29-21)28-7-8-31-14(2)9-18-15(3)20(27)11-19(26)24(18)31/h5-6,9-13H,4,7-8H2,1-3H3,(H,32,33)(H,28,29,30). The molecule has 2 aromatic carbocycles. The minimum absolute atomic E-state index is 0.283. The molecule has 0 saturated heterocycles. The first-order chi connectivity index (χ1) is 16.3. The number of fused-ring (bicyclic) bond motifs is 1. The molecule has 0 spiro atoms. The van der Waals surface area contributed by atoms with Crippen LogP contribution in [0.25, 0.3) is 22.2 Å². The number of halogens is 2. The third kappa shape index (κ3) is 4.74. The molecule has 0 radical (unpaired) electrons. The second kappa shape index (κ2) is 10.0. The molecule has 0 unspecified atom stereocenters. The predicted octanol–water partition coefficient (Wildman–Crippen LogP) is 6.43. The van der Waals surface area contributed by atoms with Crippen molar-refractivity contribution in [2.24, 2.45) is 0 Å². The number of aromatic nitrogens is 3. The van der Waals surface area contributed by atoms with Gasteiger partial charge in [-0.05, 0) is 49.4 Å². The molecule has 0 saturated carbocycles. The number of carboxylic acids is 1. The summed E-state index contributed by atoms with van der Waals surface area (Å²) in [5.74, 6) is 0.167. The number of hydrogen-bond donors (Lipinski definition) is 2. The van der Waals surface area contributed by atoms with Crippen LogP contribution in [0.2, 0.25) is 5.02 Å². The van der Waals surface area contributed by atoms with E-state index in [1.165, 1.54) is 24.2 Å². The quantitative estimate of drug-likeness (QED) is 0.272. The Morgan fingerprint density at radius 2 is 2.00 bits per heavy atom. The number of nitrogens with zero attached hydrogens (tertiary/aromatic N) is 3. The number of rotatable bonds is 8. The summed E-state index contributed by atoms with van der Waals surface area (Å²) >= 11 is 7.85. The lowest BCUT2D eigenvalue weighted by Crippen LogP contribution is -2.12. The Bertz CT molecular complexity index is 1390. The summed E-state index contributed by atoms with van der Waals surface area (Å²) < 4.78 is 16.1. The summed E-state index contributed by atoms with van der Waals surface area (Å²) in [5, 5.41) is 13.9. The zero-order valence-corrected chi connectivity index (χ0v) is 20.6. The van der Waals surface area contributed by atoms with Crippen LogP contribution in [0.1, 0.15) is 28.5 Å². The molecule has 2 aromatic heterocycles. The van der Waals surface area contributed by atoms with Crippen molar-refractivity contribution in [3.63, 3.8) is 0 Å². The zero-order chi connectivity index (χ0) is 24.4. The molecule has 2 N–H and O–H groups in total. The molecule has 9 heteroatoms. The second-order valence-electron chi connectivity index (χ2n) is 7.83. The van der Waals surface area contributed by atoms with Crippen molar-refractivity contribution in [1.29, 1.82) is 0 Å². The number of carboxylic acid groups (broad SMARTS) is 1. The topological polar surface area (TPSA) is 80.0 Å². The van der Waals surface area contributed by atoms with Gasteiger partial charge in [-0.2, -0.15) is 0 Å². The normalized spacial score (nSPS) is 11.2. The summed E-state index contributed by atoms with van der Waals surface area (Å²) in [6, 6.07) is 10.4. The van der Waals surface area contributed by atoms with Gasteiger partial charge in [-0.25, -0.2) is 19.2 Å². The smallest absolute Gasteiger partial charge is 0.336 e. The highest BCUT2D eigenvalue weighted by atomic mass is 35.5. The van der Waals surface area contributed by atoms with Gasteiger partial charge in [-0.15, -0.1) is 11.8 Å². The molecule has 0 aliphatic carbocycles. The Hall–Kier alpha value is -3.10. The summed E-state index contributed by atoms with van der Waals surface area (Å²) in [6.07, 6.45) is 1.48. The van der Waals surface area contributed by atoms with Gasteiger partial charge >= 0.3 is 5.97 Å². The molecule has 6 nitrogen and oxygen atoms in total. The van der Waals surface area contributed by atoms with Crippen LogP contribution in [-0.4, -0.2) is 37.9 Å². The van der Waals surface area contributed by atoms with Crippen molar-refractivity contribution in [2.45, 2.75) is 32.2 Å². The largest absolute Gasteiger partial charge is 0.478 e. The van der Waals surface area contributed by atoms with Crippen LogP contribution in [0.15, 0.2) is 47.6 Å².